The van der Waals surface area contributed by atoms with Crippen molar-refractivity contribution in [3.8, 4) is 0 Å². The number of amides is 3. The highest BCUT2D eigenvalue weighted by molar-refractivity contribution is 5.92. The standard InChI is InChI=1S/C17H21FN4O3/c1-4-14-12(16(5-2)25-22-14)9-19-17(24)21-15-8-11(20-10(3)23)6-7-13(15)18/h6-8H,4-5,9H2,1-3H3,(H,20,23)(H2,19,21,24). The first-order chi connectivity index (χ1) is 11.9. The van der Waals surface area contributed by atoms with E-state index < -0.39 is 11.8 Å². The lowest BCUT2D eigenvalue weighted by Gasteiger charge is -2.10. The summed E-state index contributed by atoms with van der Waals surface area (Å²) in [6.45, 7) is 5.46. The molecule has 0 saturated carbocycles. The number of hydrogen-bond acceptors (Lipinski definition) is 4. The van der Waals surface area contributed by atoms with Gasteiger partial charge in [-0.2, -0.15) is 0 Å². The van der Waals surface area contributed by atoms with Crippen LogP contribution in [0.5, 0.6) is 0 Å². The van der Waals surface area contributed by atoms with E-state index in [1.54, 1.807) is 0 Å². The zero-order valence-electron chi connectivity index (χ0n) is 14.4. The fraction of sp³-hybridized carbons (Fsp3) is 0.353. The molecule has 0 bridgehead atoms. The molecule has 134 valence electrons. The SMILES string of the molecule is CCc1noc(CC)c1CNC(=O)Nc1cc(NC(C)=O)ccc1F. The van der Waals surface area contributed by atoms with Crippen LogP contribution in [0.4, 0.5) is 20.6 Å². The molecule has 0 aliphatic rings. The van der Waals surface area contributed by atoms with Crippen LogP contribution in [-0.4, -0.2) is 17.1 Å². The van der Waals surface area contributed by atoms with Gasteiger partial charge in [0, 0.05) is 31.1 Å². The van der Waals surface area contributed by atoms with Crippen molar-refractivity contribution in [1.82, 2.24) is 10.5 Å². The Bertz CT molecular complexity index is 752. The van der Waals surface area contributed by atoms with E-state index in [0.29, 0.717) is 18.5 Å². The normalized spacial score (nSPS) is 10.4. The Morgan fingerprint density at radius 2 is 1.96 bits per heavy atom. The zero-order valence-corrected chi connectivity index (χ0v) is 14.4. The number of benzene rings is 1. The molecule has 25 heavy (non-hydrogen) atoms. The van der Waals surface area contributed by atoms with Gasteiger partial charge in [0.1, 0.15) is 11.6 Å². The largest absolute Gasteiger partial charge is 0.361 e. The van der Waals surface area contributed by atoms with Gasteiger partial charge in [-0.05, 0) is 24.6 Å². The Labute approximate surface area is 145 Å². The molecule has 1 aromatic heterocycles. The van der Waals surface area contributed by atoms with Crippen molar-refractivity contribution in [3.63, 3.8) is 0 Å². The number of hydrogen-bond donors (Lipinski definition) is 3. The fourth-order valence-electron chi connectivity index (χ4n) is 2.38. The predicted molar refractivity (Wildman–Crippen MR) is 91.8 cm³/mol. The minimum absolute atomic E-state index is 0.0273. The Hall–Kier alpha value is -2.90. The molecule has 7 nitrogen and oxygen atoms in total. The Balaban J connectivity index is 2.03. The molecule has 0 fully saturated rings. The molecule has 0 saturated heterocycles. The highest BCUT2D eigenvalue weighted by Gasteiger charge is 2.15. The number of anilines is 2. The second-order valence-corrected chi connectivity index (χ2v) is 5.42. The quantitative estimate of drug-likeness (QED) is 0.747. The minimum Gasteiger partial charge on any atom is -0.361 e. The monoisotopic (exact) mass is 348 g/mol. The van der Waals surface area contributed by atoms with Crippen LogP contribution >= 0.6 is 0 Å². The molecule has 8 heteroatoms. The second kappa shape index (κ2) is 8.27. The molecular formula is C17H21FN4O3. The van der Waals surface area contributed by atoms with Crippen LogP contribution in [0.25, 0.3) is 0 Å². The summed E-state index contributed by atoms with van der Waals surface area (Å²) in [5.41, 5.74) is 1.99. The highest BCUT2D eigenvalue weighted by Crippen LogP contribution is 2.20. The maximum atomic E-state index is 13.8. The van der Waals surface area contributed by atoms with Crippen molar-refractivity contribution < 1.29 is 18.5 Å². The Morgan fingerprint density at radius 1 is 1.20 bits per heavy atom. The second-order valence-electron chi connectivity index (χ2n) is 5.42. The van der Waals surface area contributed by atoms with Crippen molar-refractivity contribution >= 4 is 23.3 Å². The van der Waals surface area contributed by atoms with Crippen LogP contribution in [-0.2, 0) is 24.2 Å². The summed E-state index contributed by atoms with van der Waals surface area (Å²) < 4.78 is 19.1. The highest BCUT2D eigenvalue weighted by atomic mass is 19.1. The fourth-order valence-corrected chi connectivity index (χ4v) is 2.38. The van der Waals surface area contributed by atoms with Crippen LogP contribution in [0.2, 0.25) is 0 Å². The topological polar surface area (TPSA) is 96.3 Å². The molecule has 0 aliphatic carbocycles. The Kier molecular flexibility index (Phi) is 6.10. The van der Waals surface area contributed by atoms with E-state index in [2.05, 4.69) is 21.1 Å². The van der Waals surface area contributed by atoms with Gasteiger partial charge in [0.2, 0.25) is 5.91 Å². The van der Waals surface area contributed by atoms with Crippen LogP contribution < -0.4 is 16.0 Å². The van der Waals surface area contributed by atoms with Crippen LogP contribution in [0, 0.1) is 5.82 Å². The van der Waals surface area contributed by atoms with Gasteiger partial charge < -0.3 is 20.5 Å². The average Bonchev–Trinajstić information content (AvgIpc) is 2.97. The third-order valence-electron chi connectivity index (χ3n) is 3.57. The minimum atomic E-state index is -0.599. The summed E-state index contributed by atoms with van der Waals surface area (Å²) in [6, 6.07) is 3.37. The molecule has 0 unspecified atom stereocenters. The van der Waals surface area contributed by atoms with E-state index >= 15 is 0 Å². The van der Waals surface area contributed by atoms with Crippen LogP contribution in [0.15, 0.2) is 22.7 Å². The van der Waals surface area contributed by atoms with Gasteiger partial charge in [-0.1, -0.05) is 19.0 Å². The smallest absolute Gasteiger partial charge is 0.319 e. The lowest BCUT2D eigenvalue weighted by atomic mass is 10.1. The van der Waals surface area contributed by atoms with Crippen molar-refractivity contribution in [1.29, 1.82) is 0 Å². The number of urea groups is 1. The summed E-state index contributed by atoms with van der Waals surface area (Å²) >= 11 is 0. The number of carbonyl (C=O) groups excluding carboxylic acids is 2. The number of nitrogens with zero attached hydrogens (tertiary/aromatic N) is 1. The number of halogens is 1. The van der Waals surface area contributed by atoms with E-state index in [4.69, 9.17) is 4.52 Å². The molecule has 0 spiro atoms. The summed E-state index contributed by atoms with van der Waals surface area (Å²) in [5, 5.41) is 11.6. The van der Waals surface area contributed by atoms with Gasteiger partial charge in [0.05, 0.1) is 11.4 Å². The van der Waals surface area contributed by atoms with E-state index in [9.17, 15) is 14.0 Å². The molecule has 1 heterocycles. The average molecular weight is 348 g/mol. The first-order valence-corrected chi connectivity index (χ1v) is 8.02. The summed E-state index contributed by atoms with van der Waals surface area (Å²) in [7, 11) is 0. The Morgan fingerprint density at radius 3 is 2.60 bits per heavy atom. The lowest BCUT2D eigenvalue weighted by molar-refractivity contribution is -0.114. The molecule has 0 radical (unpaired) electrons. The van der Waals surface area contributed by atoms with Gasteiger partial charge in [-0.15, -0.1) is 0 Å². The zero-order chi connectivity index (χ0) is 18.4. The molecule has 2 rings (SSSR count). The van der Waals surface area contributed by atoms with E-state index in [1.807, 2.05) is 13.8 Å². The van der Waals surface area contributed by atoms with Crippen molar-refractivity contribution in [2.45, 2.75) is 40.2 Å². The van der Waals surface area contributed by atoms with Gasteiger partial charge in [-0.25, -0.2) is 9.18 Å². The maximum absolute atomic E-state index is 13.8. The number of rotatable bonds is 6. The van der Waals surface area contributed by atoms with Crippen molar-refractivity contribution in [2.24, 2.45) is 0 Å². The van der Waals surface area contributed by atoms with Crippen molar-refractivity contribution in [2.75, 3.05) is 10.6 Å². The third kappa shape index (κ3) is 4.79. The first-order valence-electron chi connectivity index (χ1n) is 8.02. The lowest BCUT2D eigenvalue weighted by Crippen LogP contribution is -2.29. The van der Waals surface area contributed by atoms with Crippen molar-refractivity contribution in [3.05, 3.63) is 41.0 Å². The van der Waals surface area contributed by atoms with Gasteiger partial charge >= 0.3 is 6.03 Å². The van der Waals surface area contributed by atoms with E-state index in [-0.39, 0.29) is 18.1 Å². The summed E-state index contributed by atoms with van der Waals surface area (Å²) in [4.78, 5) is 23.1. The number of aromatic nitrogens is 1. The summed E-state index contributed by atoms with van der Waals surface area (Å²) in [6.07, 6.45) is 1.36. The number of carbonyl (C=O) groups is 2. The predicted octanol–water partition coefficient (Wildman–Crippen LogP) is 3.22. The van der Waals surface area contributed by atoms with Crippen LogP contribution in [0.3, 0.4) is 0 Å². The molecule has 0 atom stereocenters. The molecular weight excluding hydrogens is 327 g/mol. The number of nitrogens with one attached hydrogen (secondary N) is 3. The first kappa shape index (κ1) is 18.4. The van der Waals surface area contributed by atoms with Gasteiger partial charge in [0.25, 0.3) is 0 Å². The summed E-state index contributed by atoms with van der Waals surface area (Å²) in [5.74, 6) is -0.164. The van der Waals surface area contributed by atoms with E-state index in [0.717, 1.165) is 17.0 Å². The van der Waals surface area contributed by atoms with E-state index in [1.165, 1.54) is 25.1 Å². The van der Waals surface area contributed by atoms with Gasteiger partial charge in [0.15, 0.2) is 0 Å². The van der Waals surface area contributed by atoms with Gasteiger partial charge in [-0.3, -0.25) is 4.79 Å². The number of aryl methyl sites for hydroxylation is 2. The third-order valence-corrected chi connectivity index (χ3v) is 3.57. The molecule has 3 amide bonds. The molecule has 1 aromatic carbocycles. The molecule has 0 aliphatic heterocycles. The van der Waals surface area contributed by atoms with Crippen LogP contribution in [0.1, 0.15) is 37.8 Å². The maximum Gasteiger partial charge on any atom is 0.319 e. The molecule has 3 N–H and O–H groups in total. The molecule has 2 aromatic rings.